The molecule has 2 N–H and O–H groups in total. The van der Waals surface area contributed by atoms with Crippen LogP contribution in [0, 0.1) is 0 Å². The fourth-order valence-electron chi connectivity index (χ4n) is 2.57. The van der Waals surface area contributed by atoms with Crippen molar-refractivity contribution < 1.29 is 26.5 Å². The molecule has 0 spiro atoms. The Morgan fingerprint density at radius 1 is 0.821 bits per heavy atom. The van der Waals surface area contributed by atoms with E-state index in [4.69, 9.17) is 15.4 Å². The van der Waals surface area contributed by atoms with Crippen LogP contribution in [0.1, 0.15) is 27.0 Å². The summed E-state index contributed by atoms with van der Waals surface area (Å²) in [6.45, 7) is 0. The van der Waals surface area contributed by atoms with Crippen LogP contribution in [-0.2, 0) is 0 Å². The van der Waals surface area contributed by atoms with Crippen molar-refractivity contribution in [2.45, 2.75) is 0 Å². The number of thiocarbonyl (C=S) groups is 1. The van der Waals surface area contributed by atoms with E-state index in [1.54, 1.807) is 7.05 Å². The van der Waals surface area contributed by atoms with E-state index in [1.807, 2.05) is 84.9 Å². The first-order chi connectivity index (χ1) is 13.7. The van der Waals surface area contributed by atoms with E-state index in [9.17, 15) is 4.79 Å². The van der Waals surface area contributed by atoms with Crippen LogP contribution in [-0.4, -0.2) is 23.7 Å². The monoisotopic (exact) mass is 500 g/mol. The molecule has 6 heteroatoms. The Kier molecular flexibility index (Phi) is 7.27. The summed E-state index contributed by atoms with van der Waals surface area (Å²) in [5.41, 5.74) is 4.08. The Labute approximate surface area is 181 Å². The molecule has 0 unspecified atom stereocenters. The minimum atomic E-state index is -0.735. The molecule has 3 aromatic rings. The number of carbonyl (C=O) groups excluding carboxylic acids is 1. The van der Waals surface area contributed by atoms with E-state index in [-0.39, 0.29) is 5.78 Å². The summed E-state index contributed by atoms with van der Waals surface area (Å²) in [6, 6.07) is 26.9. The minimum absolute atomic E-state index is 0.000884. The summed E-state index contributed by atoms with van der Waals surface area (Å²) in [5, 5.41) is 3.47. The van der Waals surface area contributed by atoms with Gasteiger partial charge in [-0.1, -0.05) is 0 Å². The second-order valence-corrected chi connectivity index (χ2v) is 7.75. The SMILES string of the molecule is CNC(=S)N[I-]/N=C(/c1ccccc1)c1cccc(C(=O)c2ccccc2)c1. The molecule has 0 aliphatic rings. The van der Waals surface area contributed by atoms with E-state index in [2.05, 4.69) is 8.85 Å². The fourth-order valence-corrected chi connectivity index (χ4v) is 4.21. The molecule has 0 aromatic heterocycles. The van der Waals surface area contributed by atoms with Crippen LogP contribution >= 0.6 is 12.2 Å². The van der Waals surface area contributed by atoms with E-state index in [1.165, 1.54) is 0 Å². The van der Waals surface area contributed by atoms with E-state index >= 15 is 0 Å². The molecule has 0 saturated heterocycles. The van der Waals surface area contributed by atoms with Gasteiger partial charge in [0.05, 0.1) is 0 Å². The molecular weight excluding hydrogens is 481 g/mol. The molecule has 3 aromatic carbocycles. The zero-order valence-corrected chi connectivity index (χ0v) is 18.2. The number of benzene rings is 3. The molecule has 3 rings (SSSR count). The van der Waals surface area contributed by atoms with Crippen molar-refractivity contribution in [1.29, 1.82) is 0 Å². The van der Waals surface area contributed by atoms with Crippen molar-refractivity contribution in [2.75, 3.05) is 7.05 Å². The predicted octanol–water partition coefficient (Wildman–Crippen LogP) is 0.768. The summed E-state index contributed by atoms with van der Waals surface area (Å²) < 4.78 is 7.94. The van der Waals surface area contributed by atoms with E-state index < -0.39 is 21.8 Å². The number of hydrogen-bond acceptors (Lipinski definition) is 3. The van der Waals surface area contributed by atoms with Crippen molar-refractivity contribution in [3.05, 3.63) is 107 Å². The van der Waals surface area contributed by atoms with Crippen LogP contribution in [0.4, 0.5) is 0 Å². The zero-order chi connectivity index (χ0) is 19.8. The van der Waals surface area contributed by atoms with Gasteiger partial charge in [0.25, 0.3) is 0 Å². The van der Waals surface area contributed by atoms with Gasteiger partial charge in [-0.25, -0.2) is 0 Å². The van der Waals surface area contributed by atoms with Crippen LogP contribution in [0.3, 0.4) is 0 Å². The van der Waals surface area contributed by atoms with Crippen LogP contribution in [0.15, 0.2) is 88.1 Å². The third-order valence-electron chi connectivity index (χ3n) is 3.96. The Morgan fingerprint density at radius 2 is 1.39 bits per heavy atom. The van der Waals surface area contributed by atoms with Crippen molar-refractivity contribution in [3.63, 3.8) is 0 Å². The Morgan fingerprint density at radius 3 is 2.04 bits per heavy atom. The van der Waals surface area contributed by atoms with Crippen molar-refractivity contribution in [2.24, 2.45) is 3.21 Å². The molecule has 28 heavy (non-hydrogen) atoms. The predicted molar refractivity (Wildman–Crippen MR) is 113 cm³/mol. The number of ketones is 1. The first-order valence-electron chi connectivity index (χ1n) is 8.63. The summed E-state index contributed by atoms with van der Waals surface area (Å²) in [5.74, 6) is -0.000884. The number of nitrogens with one attached hydrogen (secondary N) is 2. The van der Waals surface area contributed by atoms with E-state index in [0.717, 1.165) is 16.8 Å². The van der Waals surface area contributed by atoms with Gasteiger partial charge in [0.15, 0.2) is 0 Å². The molecule has 0 aliphatic carbocycles. The number of carbonyl (C=O) groups is 1. The van der Waals surface area contributed by atoms with Gasteiger partial charge >= 0.3 is 182 Å². The van der Waals surface area contributed by atoms with Gasteiger partial charge in [-0.3, -0.25) is 0 Å². The number of rotatable bonds is 6. The average molecular weight is 500 g/mol. The Bertz CT molecular complexity index is 991. The molecule has 0 fully saturated rings. The average Bonchev–Trinajstić information content (AvgIpc) is 2.77. The third kappa shape index (κ3) is 5.24. The molecule has 0 aliphatic heterocycles. The standard InChI is InChI=1S/C22H19IN3OS/c1-24-22(28)26-23-25-20(16-9-4-2-5-10-16)18-13-8-14-19(15-18)21(27)17-11-6-3-7-12-17/h2-15H,1H3,(H2,24,26,28)/q-1/b25-20-. The first-order valence-corrected chi connectivity index (χ1v) is 11.1. The third-order valence-corrected chi connectivity index (χ3v) is 6.14. The fraction of sp³-hybridized carbons (Fsp3) is 0.0455. The Hall–Kier alpha value is -2.58. The van der Waals surface area contributed by atoms with Crippen LogP contribution in [0.25, 0.3) is 0 Å². The van der Waals surface area contributed by atoms with Gasteiger partial charge in [-0.15, -0.1) is 0 Å². The van der Waals surface area contributed by atoms with Gasteiger partial charge < -0.3 is 0 Å². The molecule has 0 radical (unpaired) electrons. The first kappa shape index (κ1) is 20.2. The van der Waals surface area contributed by atoms with Gasteiger partial charge in [-0.2, -0.15) is 0 Å². The molecule has 0 bridgehead atoms. The summed E-state index contributed by atoms with van der Waals surface area (Å²) >= 11 is 4.41. The second-order valence-electron chi connectivity index (χ2n) is 5.83. The van der Waals surface area contributed by atoms with Crippen molar-refractivity contribution in [1.82, 2.24) is 8.85 Å². The summed E-state index contributed by atoms with van der Waals surface area (Å²) in [7, 11) is 1.78. The van der Waals surface area contributed by atoms with Gasteiger partial charge in [0.1, 0.15) is 0 Å². The van der Waals surface area contributed by atoms with Crippen LogP contribution in [0.2, 0.25) is 0 Å². The summed E-state index contributed by atoms with van der Waals surface area (Å²) in [4.78, 5) is 12.8. The van der Waals surface area contributed by atoms with Crippen molar-refractivity contribution >= 4 is 28.8 Å². The van der Waals surface area contributed by atoms with Gasteiger partial charge in [-0.05, 0) is 0 Å². The van der Waals surface area contributed by atoms with E-state index in [0.29, 0.717) is 16.2 Å². The van der Waals surface area contributed by atoms with Crippen molar-refractivity contribution in [3.8, 4) is 0 Å². The number of halogens is 1. The number of hydrogen-bond donors (Lipinski definition) is 2. The van der Waals surface area contributed by atoms with Gasteiger partial charge in [0, 0.05) is 0 Å². The molecule has 4 nitrogen and oxygen atoms in total. The molecule has 0 amide bonds. The Balaban J connectivity index is 1.95. The normalized spacial score (nSPS) is 11.1. The maximum atomic E-state index is 12.8. The van der Waals surface area contributed by atoms with Gasteiger partial charge in [0.2, 0.25) is 0 Å². The maximum absolute atomic E-state index is 12.8. The molecule has 0 atom stereocenters. The molecule has 0 saturated carbocycles. The summed E-state index contributed by atoms with van der Waals surface area (Å²) in [6.07, 6.45) is 0. The second kappa shape index (κ2) is 10.1. The molecule has 0 heterocycles. The molecule has 142 valence electrons. The number of nitrogens with zero attached hydrogens (tertiary/aromatic N) is 1. The van der Waals surface area contributed by atoms with Crippen LogP contribution < -0.4 is 30.6 Å². The molecular formula is C22H19IN3OS-. The quantitative estimate of drug-likeness (QED) is 0.173. The zero-order valence-electron chi connectivity index (χ0n) is 15.2. The topological polar surface area (TPSA) is 53.5 Å². The van der Waals surface area contributed by atoms with Crippen LogP contribution in [0.5, 0.6) is 0 Å².